The molecule has 34 heavy (non-hydrogen) atoms. The third-order valence-electron chi connectivity index (χ3n) is 5.91. The maximum absolute atomic E-state index is 13.3. The van der Waals surface area contributed by atoms with Crippen LogP contribution in [-0.4, -0.2) is 49.4 Å². The van der Waals surface area contributed by atoms with Gasteiger partial charge < -0.3 is 11.1 Å². The monoisotopic (exact) mass is 487 g/mol. The fourth-order valence-electron chi connectivity index (χ4n) is 4.05. The minimum atomic E-state index is -3.59. The molecular weight excluding hydrogens is 461 g/mol. The van der Waals surface area contributed by atoms with Crippen molar-refractivity contribution in [2.75, 3.05) is 23.4 Å². The number of benzene rings is 2. The largest absolute Gasteiger partial charge is 0.368 e. The van der Waals surface area contributed by atoms with Gasteiger partial charge in [0.25, 0.3) is 5.91 Å². The van der Waals surface area contributed by atoms with E-state index in [0.29, 0.717) is 24.5 Å². The third-order valence-corrected chi connectivity index (χ3v) is 7.82. The first kappa shape index (κ1) is 23.8. The number of hydrogen-bond acceptors (Lipinski definition) is 6. The molecule has 3 N–H and O–H groups in total. The lowest BCUT2D eigenvalue weighted by Gasteiger charge is -2.20. The second-order valence-electron chi connectivity index (χ2n) is 8.29. The van der Waals surface area contributed by atoms with Gasteiger partial charge in [-0.1, -0.05) is 12.8 Å². The summed E-state index contributed by atoms with van der Waals surface area (Å²) >= 11 is 0. The number of sulfonamides is 1. The predicted molar refractivity (Wildman–Crippen MR) is 126 cm³/mol. The van der Waals surface area contributed by atoms with Gasteiger partial charge >= 0.3 is 0 Å². The van der Waals surface area contributed by atoms with E-state index in [1.54, 1.807) is 0 Å². The zero-order valence-corrected chi connectivity index (χ0v) is 19.3. The van der Waals surface area contributed by atoms with Crippen molar-refractivity contribution in [1.29, 1.82) is 0 Å². The number of hydrogen-bond donors (Lipinski definition) is 2. The predicted octanol–water partition coefficient (Wildman–Crippen LogP) is 2.45. The van der Waals surface area contributed by atoms with Crippen LogP contribution in [0, 0.1) is 5.82 Å². The van der Waals surface area contributed by atoms with Crippen LogP contribution in [0.3, 0.4) is 0 Å². The van der Waals surface area contributed by atoms with E-state index < -0.39 is 33.7 Å². The normalized spacial score (nSPS) is 19.4. The van der Waals surface area contributed by atoms with Crippen molar-refractivity contribution in [3.8, 4) is 0 Å². The molecule has 0 radical (unpaired) electrons. The quantitative estimate of drug-likeness (QED) is 0.648. The van der Waals surface area contributed by atoms with Crippen molar-refractivity contribution in [2.45, 2.75) is 43.0 Å². The molecule has 2 heterocycles. The van der Waals surface area contributed by atoms with Crippen molar-refractivity contribution in [1.82, 2.24) is 4.31 Å². The van der Waals surface area contributed by atoms with Crippen molar-refractivity contribution in [2.24, 2.45) is 10.8 Å². The van der Waals surface area contributed by atoms with Gasteiger partial charge in [0.2, 0.25) is 15.9 Å². The minimum absolute atomic E-state index is 0.0139. The molecule has 2 aliphatic rings. The molecule has 0 aliphatic carbocycles. The number of hydrazone groups is 1. The Hall–Kier alpha value is -3.31. The second kappa shape index (κ2) is 9.90. The summed E-state index contributed by atoms with van der Waals surface area (Å²) in [5.41, 5.74) is 6.37. The summed E-state index contributed by atoms with van der Waals surface area (Å²) in [6.45, 7) is 1.01. The van der Waals surface area contributed by atoms with Crippen LogP contribution in [0.2, 0.25) is 0 Å². The summed E-state index contributed by atoms with van der Waals surface area (Å²) < 4.78 is 40.6. The van der Waals surface area contributed by atoms with Crippen molar-refractivity contribution in [3.05, 3.63) is 54.3 Å². The number of halogens is 1. The van der Waals surface area contributed by atoms with E-state index in [1.165, 1.54) is 57.8 Å². The van der Waals surface area contributed by atoms with Crippen molar-refractivity contribution in [3.63, 3.8) is 0 Å². The van der Waals surface area contributed by atoms with Gasteiger partial charge in [0.1, 0.15) is 17.6 Å². The van der Waals surface area contributed by atoms with E-state index in [0.717, 1.165) is 25.7 Å². The highest BCUT2D eigenvalue weighted by Gasteiger charge is 2.35. The Labute approximate surface area is 197 Å². The fourth-order valence-corrected chi connectivity index (χ4v) is 5.56. The number of carbonyl (C=O) groups is 2. The van der Waals surface area contributed by atoms with Crippen molar-refractivity contribution >= 4 is 38.9 Å². The molecule has 2 amide bonds. The topological polar surface area (TPSA) is 125 Å². The van der Waals surface area contributed by atoms with Gasteiger partial charge in [0.15, 0.2) is 0 Å². The molecule has 0 spiro atoms. The molecule has 0 aromatic heterocycles. The van der Waals surface area contributed by atoms with E-state index in [-0.39, 0.29) is 17.0 Å². The molecule has 4 rings (SSSR count). The number of amides is 2. The average Bonchev–Trinajstić information content (AvgIpc) is 3.08. The number of primary amides is 1. The van der Waals surface area contributed by atoms with Crippen LogP contribution in [-0.2, 0) is 19.6 Å². The number of rotatable bonds is 6. The summed E-state index contributed by atoms with van der Waals surface area (Å²) in [5, 5.41) is 8.20. The van der Waals surface area contributed by atoms with Crippen LogP contribution in [0.1, 0.15) is 32.1 Å². The molecule has 1 fully saturated rings. The Morgan fingerprint density at radius 2 is 1.59 bits per heavy atom. The summed E-state index contributed by atoms with van der Waals surface area (Å²) in [6, 6.07) is 10.4. The SMILES string of the molecule is NC(=O)C1CC(C(=O)Nc2ccc(S(=O)(=O)N3CCCCCC3)cc2)=NN1c1ccc(F)cc1. The molecular formula is C23H26FN5O4S. The number of anilines is 2. The summed E-state index contributed by atoms with van der Waals surface area (Å²) in [5.74, 6) is -1.65. The lowest BCUT2D eigenvalue weighted by Crippen LogP contribution is -2.39. The number of carbonyl (C=O) groups excluding carboxylic acids is 2. The lowest BCUT2D eigenvalue weighted by atomic mass is 10.1. The molecule has 11 heteroatoms. The summed E-state index contributed by atoms with van der Waals surface area (Å²) in [7, 11) is -3.59. The van der Waals surface area contributed by atoms with Crippen molar-refractivity contribution < 1.29 is 22.4 Å². The molecule has 2 aliphatic heterocycles. The highest BCUT2D eigenvalue weighted by Crippen LogP contribution is 2.26. The van der Waals surface area contributed by atoms with Gasteiger partial charge in [0, 0.05) is 25.2 Å². The van der Waals surface area contributed by atoms with Gasteiger partial charge in [-0.05, 0) is 61.4 Å². The number of nitrogens with zero attached hydrogens (tertiary/aromatic N) is 3. The molecule has 0 saturated carbocycles. The first-order valence-corrected chi connectivity index (χ1v) is 12.5. The Balaban J connectivity index is 1.47. The molecule has 2 aromatic carbocycles. The lowest BCUT2D eigenvalue weighted by molar-refractivity contribution is -0.119. The highest BCUT2D eigenvalue weighted by molar-refractivity contribution is 7.89. The van der Waals surface area contributed by atoms with Gasteiger partial charge in [0.05, 0.1) is 10.6 Å². The standard InChI is InChI=1S/C23H26FN5O4S/c24-16-5-9-18(10-6-16)29-21(22(25)30)15-20(27-29)23(31)26-17-7-11-19(12-8-17)34(32,33)28-13-3-1-2-4-14-28/h5-12,21H,1-4,13-15H2,(H2,25,30)(H,26,31). The Kier molecular flexibility index (Phi) is 6.94. The maximum atomic E-state index is 13.3. The smallest absolute Gasteiger partial charge is 0.271 e. The van der Waals surface area contributed by atoms with E-state index in [4.69, 9.17) is 5.73 Å². The van der Waals surface area contributed by atoms with Crippen LogP contribution in [0.25, 0.3) is 0 Å². The Morgan fingerprint density at radius 3 is 2.18 bits per heavy atom. The van der Waals surface area contributed by atoms with Crippen LogP contribution < -0.4 is 16.1 Å². The van der Waals surface area contributed by atoms with Crippen LogP contribution in [0.15, 0.2) is 58.5 Å². The summed E-state index contributed by atoms with van der Waals surface area (Å²) in [4.78, 5) is 24.8. The first-order valence-electron chi connectivity index (χ1n) is 11.1. The zero-order valence-electron chi connectivity index (χ0n) is 18.5. The van der Waals surface area contributed by atoms with Gasteiger partial charge in [-0.15, -0.1) is 0 Å². The third kappa shape index (κ3) is 5.10. The van der Waals surface area contributed by atoms with Gasteiger partial charge in [-0.3, -0.25) is 14.6 Å². The fraction of sp³-hybridized carbons (Fsp3) is 0.348. The zero-order chi connectivity index (χ0) is 24.3. The molecule has 0 bridgehead atoms. The number of nitrogens with two attached hydrogens (primary N) is 1. The molecule has 9 nitrogen and oxygen atoms in total. The van der Waals surface area contributed by atoms with Crippen LogP contribution in [0.5, 0.6) is 0 Å². The molecule has 1 saturated heterocycles. The second-order valence-corrected chi connectivity index (χ2v) is 10.2. The van der Waals surface area contributed by atoms with Gasteiger partial charge in [-0.2, -0.15) is 9.41 Å². The van der Waals surface area contributed by atoms with Gasteiger partial charge in [-0.25, -0.2) is 12.8 Å². The Morgan fingerprint density at radius 1 is 0.971 bits per heavy atom. The molecule has 180 valence electrons. The summed E-state index contributed by atoms with van der Waals surface area (Å²) in [6.07, 6.45) is 3.72. The Bertz CT molecular complexity index is 1190. The maximum Gasteiger partial charge on any atom is 0.271 e. The highest BCUT2D eigenvalue weighted by atomic mass is 32.2. The first-order chi connectivity index (χ1) is 16.3. The molecule has 2 aromatic rings. The molecule has 1 atom stereocenters. The van der Waals surface area contributed by atoms with Crippen LogP contribution >= 0.6 is 0 Å². The van der Waals surface area contributed by atoms with E-state index in [1.807, 2.05) is 0 Å². The van der Waals surface area contributed by atoms with E-state index >= 15 is 0 Å². The van der Waals surface area contributed by atoms with E-state index in [9.17, 15) is 22.4 Å². The average molecular weight is 488 g/mol. The minimum Gasteiger partial charge on any atom is -0.368 e. The van der Waals surface area contributed by atoms with Crippen LogP contribution in [0.4, 0.5) is 15.8 Å². The number of nitrogens with one attached hydrogen (secondary N) is 1. The van der Waals surface area contributed by atoms with E-state index in [2.05, 4.69) is 10.4 Å². The molecule has 1 unspecified atom stereocenters.